The largest absolute Gasteiger partial charge is 0.493 e. The second-order valence-corrected chi connectivity index (χ2v) is 12.5. The van der Waals surface area contributed by atoms with Crippen molar-refractivity contribution >= 4 is 52.3 Å². The number of amides is 1. The molecule has 3 rings (SSSR count). The molecule has 1 amide bonds. The summed E-state index contributed by atoms with van der Waals surface area (Å²) < 4.78 is 11.4. The van der Waals surface area contributed by atoms with Crippen LogP contribution in [0.3, 0.4) is 0 Å². The van der Waals surface area contributed by atoms with Crippen molar-refractivity contribution in [2.45, 2.75) is 55.7 Å². The smallest absolute Gasteiger partial charge is 0.322 e. The van der Waals surface area contributed by atoms with E-state index in [9.17, 15) is 9.59 Å². The summed E-state index contributed by atoms with van der Waals surface area (Å²) in [5.74, 6) is 0.232. The Bertz CT molecular complexity index is 1150. The van der Waals surface area contributed by atoms with Crippen LogP contribution in [0.15, 0.2) is 58.3 Å². The number of carbonyl (C=O) groups is 2. The number of thiazole rings is 1. The first kappa shape index (κ1) is 27.0. The van der Waals surface area contributed by atoms with Gasteiger partial charge in [0, 0.05) is 28.1 Å². The van der Waals surface area contributed by atoms with Crippen molar-refractivity contribution in [3.63, 3.8) is 0 Å². The lowest BCUT2D eigenvalue weighted by molar-refractivity contribution is -0.156. The number of hydrogen-bond acceptors (Lipinski definition) is 7. The van der Waals surface area contributed by atoms with Crippen LogP contribution in [0, 0.1) is 0 Å². The predicted octanol–water partition coefficient (Wildman–Crippen LogP) is 6.88. The second kappa shape index (κ2) is 11.5. The fourth-order valence-corrected chi connectivity index (χ4v) is 5.21. The molecule has 0 unspecified atom stereocenters. The van der Waals surface area contributed by atoms with Gasteiger partial charge in [-0.3, -0.25) is 9.59 Å². The minimum Gasteiger partial charge on any atom is -0.493 e. The van der Waals surface area contributed by atoms with Crippen LogP contribution < -0.4 is 10.1 Å². The summed E-state index contributed by atoms with van der Waals surface area (Å²) in [5.41, 5.74) is 1.58. The molecule has 1 aromatic heterocycles. The summed E-state index contributed by atoms with van der Waals surface area (Å²) in [7, 11) is 0. The molecule has 0 bridgehead atoms. The van der Waals surface area contributed by atoms with Crippen molar-refractivity contribution in [1.29, 1.82) is 0 Å². The number of aromatic nitrogens is 1. The van der Waals surface area contributed by atoms with Crippen LogP contribution in [0.4, 0.5) is 5.69 Å². The molecule has 186 valence electrons. The molecule has 6 nitrogen and oxygen atoms in total. The molecular weight excluding hydrogens is 504 g/mol. The molecule has 0 spiro atoms. The predicted molar refractivity (Wildman–Crippen MR) is 143 cm³/mol. The molecule has 0 saturated carbocycles. The number of halogens is 1. The van der Waals surface area contributed by atoms with Gasteiger partial charge >= 0.3 is 5.97 Å². The summed E-state index contributed by atoms with van der Waals surface area (Å²) in [6.45, 7) is 9.73. The van der Waals surface area contributed by atoms with Crippen molar-refractivity contribution in [2.24, 2.45) is 0 Å². The Labute approximate surface area is 219 Å². The first-order valence-corrected chi connectivity index (χ1v) is 13.2. The highest BCUT2D eigenvalue weighted by Gasteiger charge is 2.34. The Morgan fingerprint density at radius 1 is 1.03 bits per heavy atom. The quantitative estimate of drug-likeness (QED) is 0.239. The Morgan fingerprint density at radius 2 is 1.69 bits per heavy atom. The van der Waals surface area contributed by atoms with Crippen LogP contribution in [-0.4, -0.2) is 33.8 Å². The number of nitrogens with one attached hydrogen (secondary N) is 1. The van der Waals surface area contributed by atoms with Gasteiger partial charge in [-0.25, -0.2) is 4.98 Å². The highest BCUT2D eigenvalue weighted by Crippen LogP contribution is 2.36. The molecule has 3 aromatic rings. The first-order chi connectivity index (χ1) is 16.4. The highest BCUT2D eigenvalue weighted by atomic mass is 35.5. The average molecular weight is 533 g/mol. The zero-order valence-corrected chi connectivity index (χ0v) is 22.8. The van der Waals surface area contributed by atoms with E-state index in [0.29, 0.717) is 35.1 Å². The molecule has 0 atom stereocenters. The third-order valence-electron chi connectivity index (χ3n) is 4.61. The van der Waals surface area contributed by atoms with E-state index >= 15 is 0 Å². The summed E-state index contributed by atoms with van der Waals surface area (Å²) in [4.78, 5) is 29.4. The SMILES string of the molecule is CC(C)(C)OC(=O)C(C)(C)Sc1nc(CCOc2ccc(NC(=O)c3ccc(Cl)cc3)cc2)cs1. The van der Waals surface area contributed by atoms with E-state index in [4.69, 9.17) is 21.1 Å². The van der Waals surface area contributed by atoms with Crippen molar-refractivity contribution in [3.8, 4) is 5.75 Å². The zero-order valence-electron chi connectivity index (χ0n) is 20.4. The van der Waals surface area contributed by atoms with Crippen LogP contribution in [0.1, 0.15) is 50.7 Å². The van der Waals surface area contributed by atoms with Crippen LogP contribution in [-0.2, 0) is 16.0 Å². The van der Waals surface area contributed by atoms with E-state index in [-0.39, 0.29) is 11.9 Å². The number of anilines is 1. The summed E-state index contributed by atoms with van der Waals surface area (Å²) in [6, 6.07) is 13.9. The zero-order chi connectivity index (χ0) is 25.6. The third-order valence-corrected chi connectivity index (χ3v) is 7.03. The molecule has 0 aliphatic heterocycles. The van der Waals surface area contributed by atoms with Gasteiger partial charge in [0.25, 0.3) is 5.91 Å². The van der Waals surface area contributed by atoms with E-state index in [2.05, 4.69) is 10.3 Å². The van der Waals surface area contributed by atoms with Gasteiger partial charge in [0.05, 0.1) is 12.3 Å². The molecule has 0 aliphatic rings. The highest BCUT2D eigenvalue weighted by molar-refractivity contribution is 8.03. The lowest BCUT2D eigenvalue weighted by atomic mass is 10.1. The number of hydrogen-bond donors (Lipinski definition) is 1. The lowest BCUT2D eigenvalue weighted by Gasteiger charge is -2.27. The summed E-state index contributed by atoms with van der Waals surface area (Å²) in [5, 5.41) is 5.41. The van der Waals surface area contributed by atoms with Gasteiger partial charge in [-0.2, -0.15) is 0 Å². The van der Waals surface area contributed by atoms with Crippen molar-refractivity contribution < 1.29 is 19.1 Å². The number of rotatable bonds is 9. The lowest BCUT2D eigenvalue weighted by Crippen LogP contribution is -2.36. The number of esters is 1. The van der Waals surface area contributed by atoms with Gasteiger partial charge in [0.1, 0.15) is 16.1 Å². The maximum Gasteiger partial charge on any atom is 0.322 e. The fraction of sp³-hybridized carbons (Fsp3) is 0.346. The number of nitrogens with zero attached hydrogens (tertiary/aromatic N) is 1. The van der Waals surface area contributed by atoms with Crippen molar-refractivity contribution in [2.75, 3.05) is 11.9 Å². The Kier molecular flexibility index (Phi) is 8.85. The van der Waals surface area contributed by atoms with Gasteiger partial charge in [0.15, 0.2) is 4.34 Å². The molecule has 1 heterocycles. The van der Waals surface area contributed by atoms with E-state index in [1.165, 1.54) is 23.1 Å². The van der Waals surface area contributed by atoms with E-state index in [0.717, 1.165) is 10.0 Å². The van der Waals surface area contributed by atoms with Gasteiger partial charge < -0.3 is 14.8 Å². The maximum atomic E-state index is 12.5. The van der Waals surface area contributed by atoms with Gasteiger partial charge in [-0.15, -0.1) is 11.3 Å². The van der Waals surface area contributed by atoms with Crippen molar-refractivity contribution in [3.05, 3.63) is 70.2 Å². The Hall–Kier alpha value is -2.55. The maximum absolute atomic E-state index is 12.5. The molecule has 1 N–H and O–H groups in total. The standard InChI is InChI=1S/C26H29ClN2O4S2/c1-25(2,3)33-23(31)26(4,5)35-24-29-20(16-34-24)14-15-32-21-12-10-19(11-13-21)28-22(30)17-6-8-18(27)9-7-17/h6-13,16H,14-15H2,1-5H3,(H,28,30). The van der Waals surface area contributed by atoms with Gasteiger partial charge in [-0.1, -0.05) is 23.4 Å². The molecule has 0 fully saturated rings. The molecule has 35 heavy (non-hydrogen) atoms. The number of carbonyl (C=O) groups excluding carboxylic acids is 2. The first-order valence-electron chi connectivity index (χ1n) is 11.1. The van der Waals surface area contributed by atoms with Crippen LogP contribution in [0.2, 0.25) is 5.02 Å². The normalized spacial score (nSPS) is 11.7. The van der Waals surface area contributed by atoms with Crippen LogP contribution >= 0.6 is 34.7 Å². The number of benzene rings is 2. The van der Waals surface area contributed by atoms with Crippen LogP contribution in [0.5, 0.6) is 5.75 Å². The third kappa shape index (κ3) is 8.56. The summed E-state index contributed by atoms with van der Waals surface area (Å²) in [6.07, 6.45) is 0.638. The van der Waals surface area contributed by atoms with Gasteiger partial charge in [-0.05, 0) is 83.1 Å². The Morgan fingerprint density at radius 3 is 2.31 bits per heavy atom. The van der Waals surface area contributed by atoms with E-state index in [1.54, 1.807) is 36.4 Å². The number of thioether (sulfide) groups is 1. The fourth-order valence-electron chi connectivity index (χ4n) is 2.82. The molecule has 0 radical (unpaired) electrons. The molecule has 9 heteroatoms. The summed E-state index contributed by atoms with van der Waals surface area (Å²) >= 11 is 8.77. The minimum absolute atomic E-state index is 0.206. The number of ether oxygens (including phenoxy) is 2. The van der Waals surface area contributed by atoms with E-state index < -0.39 is 10.3 Å². The van der Waals surface area contributed by atoms with Gasteiger partial charge in [0.2, 0.25) is 0 Å². The molecule has 2 aromatic carbocycles. The topological polar surface area (TPSA) is 77.5 Å². The van der Waals surface area contributed by atoms with Crippen LogP contribution in [0.25, 0.3) is 0 Å². The van der Waals surface area contributed by atoms with E-state index in [1.807, 2.05) is 52.1 Å². The van der Waals surface area contributed by atoms with Crippen molar-refractivity contribution in [1.82, 2.24) is 4.98 Å². The monoisotopic (exact) mass is 532 g/mol. The average Bonchev–Trinajstić information content (AvgIpc) is 3.20. The Balaban J connectivity index is 1.46. The minimum atomic E-state index is -0.733. The molecule has 0 saturated heterocycles. The molecular formula is C26H29ClN2O4S2. The molecule has 0 aliphatic carbocycles. The second-order valence-electron chi connectivity index (χ2n) is 9.30.